The molecule has 8 nitrogen and oxygen atoms in total. The number of hydrogen-bond donors (Lipinski definition) is 2. The summed E-state index contributed by atoms with van der Waals surface area (Å²) in [6, 6.07) is 1.01. The van der Waals surface area contributed by atoms with Gasteiger partial charge in [-0.3, -0.25) is 4.79 Å². The predicted molar refractivity (Wildman–Crippen MR) is 129 cm³/mol. The third kappa shape index (κ3) is 7.00. The maximum atomic E-state index is 12.7. The van der Waals surface area contributed by atoms with Gasteiger partial charge in [0.2, 0.25) is 0 Å². The Labute approximate surface area is 204 Å². The Bertz CT molecular complexity index is 982. The molecule has 34 heavy (non-hydrogen) atoms. The van der Waals surface area contributed by atoms with Crippen molar-refractivity contribution in [2.45, 2.75) is 45.4 Å². The van der Waals surface area contributed by atoms with Crippen LogP contribution in [0.1, 0.15) is 54.9 Å². The van der Waals surface area contributed by atoms with Crippen LogP contribution in [0.3, 0.4) is 0 Å². The topological polar surface area (TPSA) is 109 Å². The van der Waals surface area contributed by atoms with Crippen molar-refractivity contribution < 1.29 is 29.4 Å². The number of carbonyl (C=O) groups excluding carboxylic acids is 2. The van der Waals surface area contributed by atoms with Crippen LogP contribution < -0.4 is 0 Å². The molecule has 2 heterocycles. The van der Waals surface area contributed by atoms with Crippen molar-refractivity contribution in [3.05, 3.63) is 46.5 Å². The summed E-state index contributed by atoms with van der Waals surface area (Å²) in [5, 5.41) is 24.6. The number of fused-ring (bicyclic) bond motifs is 1. The molecular formula is C25H31ClN2O6. The lowest BCUT2D eigenvalue weighted by Crippen LogP contribution is -2.37. The molecule has 184 valence electrons. The number of aromatic hydroxyl groups is 2. The monoisotopic (exact) mass is 490 g/mol. The van der Waals surface area contributed by atoms with Crippen molar-refractivity contribution in [1.29, 1.82) is 0 Å². The number of phenolic OH excluding ortho intramolecular Hbond substituents is 2. The molecule has 0 spiro atoms. The number of cyclic esters (lactones) is 1. The molecule has 1 saturated heterocycles. The number of piperidine rings is 1. The summed E-state index contributed by atoms with van der Waals surface area (Å²) in [6.45, 7) is 3.43. The van der Waals surface area contributed by atoms with Crippen LogP contribution in [0.25, 0.3) is 0 Å². The molecule has 0 aliphatic carbocycles. The van der Waals surface area contributed by atoms with E-state index < -0.39 is 11.7 Å². The van der Waals surface area contributed by atoms with Crippen LogP contribution in [-0.2, 0) is 20.8 Å². The maximum Gasteiger partial charge on any atom is 0.342 e. The minimum Gasteiger partial charge on any atom is -0.507 e. The summed E-state index contributed by atoms with van der Waals surface area (Å²) in [7, 11) is 0. The lowest BCUT2D eigenvalue weighted by Gasteiger charge is -2.26. The van der Waals surface area contributed by atoms with Crippen molar-refractivity contribution in [3.63, 3.8) is 0 Å². The second kappa shape index (κ2) is 12.5. The van der Waals surface area contributed by atoms with E-state index in [0.29, 0.717) is 25.2 Å². The Kier molecular flexibility index (Phi) is 9.39. The van der Waals surface area contributed by atoms with Gasteiger partial charge in [0.05, 0.1) is 17.3 Å². The summed E-state index contributed by atoms with van der Waals surface area (Å²) in [5.41, 5.74) is 0.405. The van der Waals surface area contributed by atoms with Crippen LogP contribution in [0.4, 0.5) is 0 Å². The van der Waals surface area contributed by atoms with Gasteiger partial charge in [0.25, 0.3) is 5.91 Å². The Morgan fingerprint density at radius 2 is 2.00 bits per heavy atom. The number of esters is 1. The fourth-order valence-electron chi connectivity index (χ4n) is 3.90. The number of hydrogen-bond acceptors (Lipinski definition) is 7. The van der Waals surface area contributed by atoms with E-state index in [0.717, 1.165) is 31.7 Å². The SMILES string of the molecule is CC1/C=C/CCOC(=O)c2c(O)cc(O)c(Cl)c2CC(=N/OCC(=O)N2CCCCC2)/C=C/C1. The van der Waals surface area contributed by atoms with E-state index in [1.54, 1.807) is 11.0 Å². The molecule has 1 unspecified atom stereocenters. The quantitative estimate of drug-likeness (QED) is 0.370. The first-order chi connectivity index (χ1) is 16.4. The molecular weight excluding hydrogens is 460 g/mol. The van der Waals surface area contributed by atoms with E-state index in [4.69, 9.17) is 21.2 Å². The third-order valence-corrected chi connectivity index (χ3v) is 6.18. The van der Waals surface area contributed by atoms with Crippen LogP contribution in [0.5, 0.6) is 11.5 Å². The second-order valence-electron chi connectivity index (χ2n) is 8.52. The molecule has 1 fully saturated rings. The van der Waals surface area contributed by atoms with Crippen LogP contribution in [-0.4, -0.2) is 59.0 Å². The van der Waals surface area contributed by atoms with Gasteiger partial charge in [-0.1, -0.05) is 41.9 Å². The summed E-state index contributed by atoms with van der Waals surface area (Å²) in [6.07, 6.45) is 11.9. The smallest absolute Gasteiger partial charge is 0.342 e. The number of nitrogens with zero attached hydrogens (tertiary/aromatic N) is 2. The molecule has 1 amide bonds. The van der Waals surface area contributed by atoms with Gasteiger partial charge in [-0.25, -0.2) is 4.79 Å². The normalized spacial score (nSPS) is 22.9. The van der Waals surface area contributed by atoms with Gasteiger partial charge in [-0.05, 0) is 49.7 Å². The zero-order valence-electron chi connectivity index (χ0n) is 19.3. The lowest BCUT2D eigenvalue weighted by molar-refractivity contribution is -0.137. The second-order valence-corrected chi connectivity index (χ2v) is 8.90. The number of halogens is 1. The Morgan fingerprint density at radius 1 is 1.24 bits per heavy atom. The van der Waals surface area contributed by atoms with Crippen molar-refractivity contribution >= 4 is 29.2 Å². The first-order valence-corrected chi connectivity index (χ1v) is 11.9. The molecule has 2 N–H and O–H groups in total. The van der Waals surface area contributed by atoms with Crippen LogP contribution in [0, 0.1) is 5.92 Å². The molecule has 3 rings (SSSR count). The zero-order valence-corrected chi connectivity index (χ0v) is 20.1. The van der Waals surface area contributed by atoms with Gasteiger partial charge in [0.15, 0.2) is 6.61 Å². The number of phenols is 2. The predicted octanol–water partition coefficient (Wildman–Crippen LogP) is 4.38. The third-order valence-electron chi connectivity index (χ3n) is 5.76. The van der Waals surface area contributed by atoms with Crippen molar-refractivity contribution in [2.24, 2.45) is 11.1 Å². The number of benzene rings is 1. The average molecular weight is 491 g/mol. The molecule has 0 bridgehead atoms. The van der Waals surface area contributed by atoms with Gasteiger partial charge >= 0.3 is 5.97 Å². The highest BCUT2D eigenvalue weighted by Gasteiger charge is 2.24. The van der Waals surface area contributed by atoms with E-state index in [2.05, 4.69) is 12.1 Å². The maximum absolute atomic E-state index is 12.7. The van der Waals surface area contributed by atoms with Crippen molar-refractivity contribution in [2.75, 3.05) is 26.3 Å². The summed E-state index contributed by atoms with van der Waals surface area (Å²) >= 11 is 6.31. The van der Waals surface area contributed by atoms with Crippen molar-refractivity contribution in [1.82, 2.24) is 4.90 Å². The number of oxime groups is 1. The van der Waals surface area contributed by atoms with E-state index >= 15 is 0 Å². The van der Waals surface area contributed by atoms with Crippen LogP contribution >= 0.6 is 11.6 Å². The molecule has 2 aliphatic rings. The fourth-order valence-corrected chi connectivity index (χ4v) is 4.12. The molecule has 1 atom stereocenters. The highest BCUT2D eigenvalue weighted by atomic mass is 35.5. The van der Waals surface area contributed by atoms with Gasteiger partial charge in [-0.2, -0.15) is 0 Å². The van der Waals surface area contributed by atoms with E-state index in [-0.39, 0.29) is 53.4 Å². The molecule has 0 saturated carbocycles. The van der Waals surface area contributed by atoms with Crippen LogP contribution in [0.2, 0.25) is 5.02 Å². The number of allylic oxidation sites excluding steroid dienone is 3. The van der Waals surface area contributed by atoms with Gasteiger partial charge in [0.1, 0.15) is 17.1 Å². The van der Waals surface area contributed by atoms with Gasteiger partial charge < -0.3 is 24.7 Å². The molecule has 2 aliphatic heterocycles. The number of ether oxygens (including phenoxy) is 1. The highest BCUT2D eigenvalue weighted by Crippen LogP contribution is 2.37. The zero-order chi connectivity index (χ0) is 24.5. The van der Waals surface area contributed by atoms with E-state index in [9.17, 15) is 19.8 Å². The highest BCUT2D eigenvalue weighted by molar-refractivity contribution is 6.33. The van der Waals surface area contributed by atoms with Gasteiger partial charge in [-0.15, -0.1) is 0 Å². The largest absolute Gasteiger partial charge is 0.507 e. The molecule has 0 radical (unpaired) electrons. The standard InChI is InChI=1S/C25H31ClN2O6/c1-17-8-3-6-13-33-25(32)23-19(24(26)21(30)15-20(23)29)14-18(10-7-9-17)27-34-16-22(31)28-11-4-2-5-12-28/h3,7-8,10,15,17,29-30H,2,4-6,9,11-14,16H2,1H3/b8-3+,10-7+,27-18+. The first-order valence-electron chi connectivity index (χ1n) is 11.6. The Balaban J connectivity index is 1.88. The number of rotatable bonds is 3. The Morgan fingerprint density at radius 3 is 2.76 bits per heavy atom. The van der Waals surface area contributed by atoms with E-state index in [1.165, 1.54) is 0 Å². The number of amides is 1. The van der Waals surface area contributed by atoms with Gasteiger partial charge in [0, 0.05) is 25.6 Å². The summed E-state index contributed by atoms with van der Waals surface area (Å²) in [5.74, 6) is -1.44. The average Bonchev–Trinajstić information content (AvgIpc) is 2.81. The van der Waals surface area contributed by atoms with Crippen LogP contribution in [0.15, 0.2) is 35.5 Å². The molecule has 9 heteroatoms. The molecule has 1 aromatic rings. The van der Waals surface area contributed by atoms with Crippen molar-refractivity contribution in [3.8, 4) is 11.5 Å². The minimum absolute atomic E-state index is 0.0240. The first kappa shape index (κ1) is 25.6. The Hall–Kier alpha value is -3.00. The summed E-state index contributed by atoms with van der Waals surface area (Å²) in [4.78, 5) is 32.3. The number of carbonyl (C=O) groups is 2. The lowest BCUT2D eigenvalue weighted by atomic mass is 9.99. The fraction of sp³-hybridized carbons (Fsp3) is 0.480. The van der Waals surface area contributed by atoms with E-state index in [1.807, 2.05) is 18.2 Å². The number of likely N-dealkylation sites (tertiary alicyclic amines) is 1. The molecule has 0 aromatic heterocycles. The minimum atomic E-state index is -0.752. The summed E-state index contributed by atoms with van der Waals surface area (Å²) < 4.78 is 5.31. The molecule has 1 aromatic carbocycles.